The molecule has 1 aromatic heterocycles. The second kappa shape index (κ2) is 7.47. The van der Waals surface area contributed by atoms with Gasteiger partial charge in [-0.05, 0) is 48.1 Å². The van der Waals surface area contributed by atoms with Gasteiger partial charge in [-0.1, -0.05) is 35.7 Å². The van der Waals surface area contributed by atoms with Gasteiger partial charge in [-0.15, -0.1) is 0 Å². The van der Waals surface area contributed by atoms with Crippen molar-refractivity contribution in [1.82, 2.24) is 0 Å². The maximum absolute atomic E-state index is 3.72. The summed E-state index contributed by atoms with van der Waals surface area (Å²) in [6.45, 7) is 2.25. The Morgan fingerprint density at radius 3 is 2.86 bits per heavy atom. The first-order valence-electron chi connectivity index (χ1n) is 5.48. The number of hydrogen-bond acceptors (Lipinski definition) is 1. The van der Waals surface area contributed by atoms with E-state index in [-0.39, 0.29) is 0 Å². The monoisotopic (exact) mass is 274 g/mol. The highest BCUT2D eigenvalue weighted by Crippen LogP contribution is 2.17. The first-order valence-corrected chi connectivity index (χ1v) is 7.34. The van der Waals surface area contributed by atoms with Crippen LogP contribution in [0.2, 0.25) is 0 Å². The molecule has 80 valence electrons. The van der Waals surface area contributed by atoms with E-state index in [4.69, 9.17) is 0 Å². The molecule has 0 radical (unpaired) electrons. The number of aryl methyl sites for hydroxylation is 1. The molecule has 0 aliphatic heterocycles. The highest BCUT2D eigenvalue weighted by molar-refractivity contribution is 9.09. The molecule has 0 aromatic carbocycles. The molecule has 0 N–H and O–H groups in total. The molecule has 2 heteroatoms. The van der Waals surface area contributed by atoms with E-state index in [0.717, 1.165) is 4.83 Å². The van der Waals surface area contributed by atoms with Crippen molar-refractivity contribution in [3.8, 4) is 0 Å². The lowest BCUT2D eigenvalue weighted by molar-refractivity contribution is 0.627. The lowest BCUT2D eigenvalue weighted by Crippen LogP contribution is -1.96. The molecule has 1 atom stereocenters. The average molecular weight is 275 g/mol. The van der Waals surface area contributed by atoms with Gasteiger partial charge in [0.2, 0.25) is 0 Å². The SMILES string of the molecule is CCCC(Br)CCCCc1ccsc1. The van der Waals surface area contributed by atoms with Crippen LogP contribution in [0.25, 0.3) is 0 Å². The number of halogens is 1. The molecular formula is C12H19BrS. The summed E-state index contributed by atoms with van der Waals surface area (Å²) in [4.78, 5) is 0.745. The highest BCUT2D eigenvalue weighted by Gasteiger charge is 2.02. The zero-order valence-corrected chi connectivity index (χ0v) is 11.2. The van der Waals surface area contributed by atoms with Gasteiger partial charge >= 0.3 is 0 Å². The van der Waals surface area contributed by atoms with E-state index < -0.39 is 0 Å². The fourth-order valence-electron chi connectivity index (χ4n) is 1.59. The third-order valence-electron chi connectivity index (χ3n) is 2.41. The zero-order valence-electron chi connectivity index (χ0n) is 8.84. The zero-order chi connectivity index (χ0) is 10.2. The fraction of sp³-hybridized carbons (Fsp3) is 0.667. The fourth-order valence-corrected chi connectivity index (χ4v) is 3.07. The molecule has 0 spiro atoms. The summed E-state index contributed by atoms with van der Waals surface area (Å²) in [5.74, 6) is 0. The van der Waals surface area contributed by atoms with E-state index in [0.29, 0.717) is 0 Å². The number of alkyl halides is 1. The predicted octanol–water partition coefficient (Wildman–Crippen LogP) is 5.02. The minimum atomic E-state index is 0.745. The number of hydrogen-bond donors (Lipinski definition) is 0. The van der Waals surface area contributed by atoms with Crippen molar-refractivity contribution >= 4 is 27.3 Å². The Morgan fingerprint density at radius 1 is 1.36 bits per heavy atom. The van der Waals surface area contributed by atoms with Crippen LogP contribution in [-0.4, -0.2) is 4.83 Å². The lowest BCUT2D eigenvalue weighted by atomic mass is 10.1. The molecule has 0 bridgehead atoms. The third-order valence-corrected chi connectivity index (χ3v) is 4.06. The maximum atomic E-state index is 3.72. The predicted molar refractivity (Wildman–Crippen MR) is 69.5 cm³/mol. The Bertz CT molecular complexity index is 218. The molecule has 1 rings (SSSR count). The molecule has 0 saturated heterocycles. The van der Waals surface area contributed by atoms with Crippen LogP contribution in [0, 0.1) is 0 Å². The highest BCUT2D eigenvalue weighted by atomic mass is 79.9. The molecule has 1 unspecified atom stereocenters. The van der Waals surface area contributed by atoms with Gasteiger partial charge in [0, 0.05) is 4.83 Å². The average Bonchev–Trinajstić information content (AvgIpc) is 2.65. The van der Waals surface area contributed by atoms with Crippen LogP contribution in [0.3, 0.4) is 0 Å². The minimum absolute atomic E-state index is 0.745. The van der Waals surface area contributed by atoms with Crippen LogP contribution >= 0.6 is 27.3 Å². The summed E-state index contributed by atoms with van der Waals surface area (Å²) in [7, 11) is 0. The van der Waals surface area contributed by atoms with Gasteiger partial charge in [0.1, 0.15) is 0 Å². The number of thiophene rings is 1. The molecule has 0 saturated carbocycles. The van der Waals surface area contributed by atoms with Gasteiger partial charge in [0.25, 0.3) is 0 Å². The van der Waals surface area contributed by atoms with Crippen molar-refractivity contribution in [3.63, 3.8) is 0 Å². The van der Waals surface area contributed by atoms with E-state index in [1.807, 2.05) is 0 Å². The van der Waals surface area contributed by atoms with Crippen molar-refractivity contribution in [2.24, 2.45) is 0 Å². The summed E-state index contributed by atoms with van der Waals surface area (Å²) in [6.07, 6.45) is 7.89. The van der Waals surface area contributed by atoms with E-state index >= 15 is 0 Å². The van der Waals surface area contributed by atoms with Gasteiger partial charge in [-0.2, -0.15) is 11.3 Å². The molecule has 0 nitrogen and oxygen atoms in total. The van der Waals surface area contributed by atoms with Crippen LogP contribution in [0.5, 0.6) is 0 Å². The van der Waals surface area contributed by atoms with Gasteiger partial charge in [-0.3, -0.25) is 0 Å². The van der Waals surface area contributed by atoms with Crippen LogP contribution in [-0.2, 0) is 6.42 Å². The molecule has 1 aromatic rings. The van der Waals surface area contributed by atoms with Crippen LogP contribution in [0.4, 0.5) is 0 Å². The Kier molecular flexibility index (Phi) is 6.54. The van der Waals surface area contributed by atoms with Gasteiger partial charge in [-0.25, -0.2) is 0 Å². The first kappa shape index (κ1) is 12.3. The van der Waals surface area contributed by atoms with E-state index in [1.54, 1.807) is 11.3 Å². The summed E-state index contributed by atoms with van der Waals surface area (Å²) in [5.41, 5.74) is 1.51. The second-order valence-corrected chi connectivity index (χ2v) is 5.84. The lowest BCUT2D eigenvalue weighted by Gasteiger charge is -2.06. The van der Waals surface area contributed by atoms with E-state index in [1.165, 1.54) is 44.1 Å². The summed E-state index contributed by atoms with van der Waals surface area (Å²) < 4.78 is 0. The summed E-state index contributed by atoms with van der Waals surface area (Å²) in [6, 6.07) is 2.24. The minimum Gasteiger partial charge on any atom is -0.152 e. The van der Waals surface area contributed by atoms with E-state index in [2.05, 4.69) is 39.7 Å². The maximum Gasteiger partial charge on any atom is 0.0145 e. The largest absolute Gasteiger partial charge is 0.152 e. The quantitative estimate of drug-likeness (QED) is 0.484. The molecule has 14 heavy (non-hydrogen) atoms. The smallest absolute Gasteiger partial charge is 0.0145 e. The Balaban J connectivity index is 1.99. The molecular weight excluding hydrogens is 256 g/mol. The van der Waals surface area contributed by atoms with Crippen molar-refractivity contribution in [1.29, 1.82) is 0 Å². The van der Waals surface area contributed by atoms with Crippen molar-refractivity contribution in [3.05, 3.63) is 22.4 Å². The van der Waals surface area contributed by atoms with Crippen molar-refractivity contribution in [2.75, 3.05) is 0 Å². The Labute approximate surface area is 99.9 Å². The number of rotatable bonds is 7. The normalized spacial score (nSPS) is 13.0. The molecule has 1 heterocycles. The van der Waals surface area contributed by atoms with Gasteiger partial charge in [0.05, 0.1) is 0 Å². The van der Waals surface area contributed by atoms with Crippen molar-refractivity contribution < 1.29 is 0 Å². The van der Waals surface area contributed by atoms with Gasteiger partial charge < -0.3 is 0 Å². The van der Waals surface area contributed by atoms with Crippen LogP contribution in [0.15, 0.2) is 16.8 Å². The number of unbranched alkanes of at least 4 members (excludes halogenated alkanes) is 1. The topological polar surface area (TPSA) is 0 Å². The van der Waals surface area contributed by atoms with E-state index in [9.17, 15) is 0 Å². The molecule has 0 fully saturated rings. The summed E-state index contributed by atoms with van der Waals surface area (Å²) in [5, 5.41) is 4.43. The Hall–Kier alpha value is 0.180. The first-order chi connectivity index (χ1) is 6.83. The van der Waals surface area contributed by atoms with Crippen molar-refractivity contribution in [2.45, 2.75) is 50.3 Å². The summed E-state index contributed by atoms with van der Waals surface area (Å²) >= 11 is 5.52. The standard InChI is InChI=1S/C12H19BrS/c1-2-5-12(13)7-4-3-6-11-8-9-14-10-11/h8-10,12H,2-7H2,1H3. The van der Waals surface area contributed by atoms with Crippen LogP contribution < -0.4 is 0 Å². The molecule has 0 amide bonds. The second-order valence-electron chi connectivity index (χ2n) is 3.76. The van der Waals surface area contributed by atoms with Crippen LogP contribution in [0.1, 0.15) is 44.6 Å². The Morgan fingerprint density at radius 2 is 2.21 bits per heavy atom. The molecule has 0 aliphatic rings. The van der Waals surface area contributed by atoms with Gasteiger partial charge in [0.15, 0.2) is 0 Å². The molecule has 0 aliphatic carbocycles. The third kappa shape index (κ3) is 5.16.